The molecule has 0 spiro atoms. The van der Waals surface area contributed by atoms with Crippen LogP contribution in [-0.4, -0.2) is 29.6 Å². The zero-order valence-corrected chi connectivity index (χ0v) is 12.4. The monoisotopic (exact) mass is 268 g/mol. The summed E-state index contributed by atoms with van der Waals surface area (Å²) in [6, 6.07) is 0.372. The van der Waals surface area contributed by atoms with Crippen LogP contribution in [0.4, 0.5) is 0 Å². The molecule has 2 aliphatic carbocycles. The minimum Gasteiger partial charge on any atom is -0.351 e. The van der Waals surface area contributed by atoms with Crippen LogP contribution in [0.2, 0.25) is 0 Å². The zero-order valence-electron chi connectivity index (χ0n) is 11.6. The van der Waals surface area contributed by atoms with Crippen molar-refractivity contribution in [3.63, 3.8) is 0 Å². The summed E-state index contributed by atoms with van der Waals surface area (Å²) in [5.41, 5.74) is 0.587. The number of fused-ring (bicyclic) bond motifs is 2. The molecule has 102 valence electrons. The Labute approximate surface area is 114 Å². The van der Waals surface area contributed by atoms with Crippen molar-refractivity contribution in [2.45, 2.75) is 52.1 Å². The predicted molar refractivity (Wildman–Crippen MR) is 75.4 cm³/mol. The van der Waals surface area contributed by atoms with Crippen molar-refractivity contribution in [3.05, 3.63) is 0 Å². The van der Waals surface area contributed by atoms with Crippen molar-refractivity contribution in [1.82, 2.24) is 10.6 Å². The normalized spacial score (nSPS) is 45.4. The van der Waals surface area contributed by atoms with Gasteiger partial charge < -0.3 is 5.32 Å². The van der Waals surface area contributed by atoms with E-state index < -0.39 is 0 Å². The molecule has 2 saturated carbocycles. The van der Waals surface area contributed by atoms with Crippen molar-refractivity contribution >= 4 is 17.7 Å². The lowest BCUT2D eigenvalue weighted by Gasteiger charge is -2.43. The minimum absolute atomic E-state index is 0.0218. The van der Waals surface area contributed by atoms with Crippen molar-refractivity contribution in [2.24, 2.45) is 16.7 Å². The lowest BCUT2D eigenvalue weighted by Crippen LogP contribution is -2.56. The van der Waals surface area contributed by atoms with Gasteiger partial charge in [0.1, 0.15) is 0 Å². The predicted octanol–water partition coefficient (Wildman–Crippen LogP) is 1.98. The lowest BCUT2D eigenvalue weighted by molar-refractivity contribution is -0.125. The number of rotatable bonds is 2. The maximum absolute atomic E-state index is 12.3. The van der Waals surface area contributed by atoms with Crippen LogP contribution in [0.25, 0.3) is 0 Å². The van der Waals surface area contributed by atoms with Crippen LogP contribution in [0.3, 0.4) is 0 Å². The Bertz CT molecular complexity index is 360. The standard InChI is InChI=1S/C14H24N2OS/c1-13(2)9-4-5-14(3,6-9)12(13)16-11(17)10-7-18-8-15-10/h9-10,12,15H,4-8H2,1-3H3,(H,16,17). The molecule has 2 N–H and O–H groups in total. The molecule has 4 atom stereocenters. The Morgan fingerprint density at radius 3 is 2.72 bits per heavy atom. The van der Waals surface area contributed by atoms with Crippen LogP contribution < -0.4 is 10.6 Å². The molecule has 0 aromatic heterocycles. The largest absolute Gasteiger partial charge is 0.351 e. The number of hydrogen-bond donors (Lipinski definition) is 2. The summed E-state index contributed by atoms with van der Waals surface area (Å²) in [5.74, 6) is 2.83. The number of hydrogen-bond acceptors (Lipinski definition) is 3. The fourth-order valence-corrected chi connectivity index (χ4v) is 5.41. The summed E-state index contributed by atoms with van der Waals surface area (Å²) in [6.07, 6.45) is 3.91. The van der Waals surface area contributed by atoms with E-state index >= 15 is 0 Å². The quantitative estimate of drug-likeness (QED) is 0.804. The molecule has 0 radical (unpaired) electrons. The first-order valence-corrected chi connectivity index (χ1v) is 8.20. The van der Waals surface area contributed by atoms with E-state index in [0.717, 1.165) is 17.5 Å². The number of carbonyl (C=O) groups is 1. The summed E-state index contributed by atoms with van der Waals surface area (Å²) in [6.45, 7) is 7.04. The van der Waals surface area contributed by atoms with Crippen LogP contribution in [0.5, 0.6) is 0 Å². The molecule has 4 heteroatoms. The summed E-state index contributed by atoms with van der Waals surface area (Å²) < 4.78 is 0. The summed E-state index contributed by atoms with van der Waals surface area (Å²) in [5, 5.41) is 6.63. The highest BCUT2D eigenvalue weighted by molar-refractivity contribution is 7.99. The van der Waals surface area contributed by atoms with Gasteiger partial charge in [-0.15, -0.1) is 11.8 Å². The van der Waals surface area contributed by atoms with E-state index in [1.165, 1.54) is 19.3 Å². The molecule has 0 aromatic carbocycles. The first kappa shape index (κ1) is 12.8. The SMILES string of the molecule is CC12CCC(C1)C(C)(C)C2NC(=O)C1CSCN1. The van der Waals surface area contributed by atoms with Gasteiger partial charge in [-0.1, -0.05) is 20.8 Å². The zero-order chi connectivity index (χ0) is 13.0. The van der Waals surface area contributed by atoms with Crippen LogP contribution in [0, 0.1) is 16.7 Å². The van der Waals surface area contributed by atoms with Gasteiger partial charge in [-0.3, -0.25) is 10.1 Å². The third-order valence-electron chi connectivity index (χ3n) is 5.59. The summed E-state index contributed by atoms with van der Waals surface area (Å²) in [7, 11) is 0. The molecule has 1 aliphatic heterocycles. The van der Waals surface area contributed by atoms with Crippen molar-refractivity contribution < 1.29 is 4.79 Å². The molecule has 3 rings (SSSR count). The number of nitrogens with one attached hydrogen (secondary N) is 2. The molecule has 3 nitrogen and oxygen atoms in total. The third-order valence-corrected chi connectivity index (χ3v) is 6.53. The molecular weight excluding hydrogens is 244 g/mol. The molecule has 2 bridgehead atoms. The van der Waals surface area contributed by atoms with Gasteiger partial charge >= 0.3 is 0 Å². The fourth-order valence-electron chi connectivity index (χ4n) is 4.47. The smallest absolute Gasteiger partial charge is 0.238 e. The average molecular weight is 268 g/mol. The molecule has 1 heterocycles. The van der Waals surface area contributed by atoms with Crippen molar-refractivity contribution in [3.8, 4) is 0 Å². The van der Waals surface area contributed by atoms with E-state index in [1.807, 2.05) is 11.8 Å². The third kappa shape index (κ3) is 1.80. The van der Waals surface area contributed by atoms with Crippen LogP contribution in [0.1, 0.15) is 40.0 Å². The highest BCUT2D eigenvalue weighted by atomic mass is 32.2. The van der Waals surface area contributed by atoms with E-state index in [-0.39, 0.29) is 17.4 Å². The second-order valence-corrected chi connectivity index (χ2v) is 8.16. The molecule has 18 heavy (non-hydrogen) atoms. The second kappa shape index (κ2) is 4.14. The molecule has 1 amide bonds. The van der Waals surface area contributed by atoms with Gasteiger partial charge in [-0.05, 0) is 36.0 Å². The lowest BCUT2D eigenvalue weighted by atomic mass is 9.68. The van der Waals surface area contributed by atoms with Gasteiger partial charge in [-0.2, -0.15) is 0 Å². The maximum atomic E-state index is 12.3. The van der Waals surface area contributed by atoms with Gasteiger partial charge in [0.2, 0.25) is 5.91 Å². The van der Waals surface area contributed by atoms with Crippen molar-refractivity contribution in [2.75, 3.05) is 11.6 Å². The molecule has 1 saturated heterocycles. The van der Waals surface area contributed by atoms with Crippen molar-refractivity contribution in [1.29, 1.82) is 0 Å². The molecule has 0 aromatic rings. The van der Waals surface area contributed by atoms with Gasteiger partial charge in [0.05, 0.1) is 6.04 Å². The van der Waals surface area contributed by atoms with Crippen LogP contribution >= 0.6 is 11.8 Å². The molecule has 4 unspecified atom stereocenters. The molecular formula is C14H24N2OS. The number of carbonyl (C=O) groups excluding carboxylic acids is 1. The summed E-state index contributed by atoms with van der Waals surface area (Å²) in [4.78, 5) is 12.3. The van der Waals surface area contributed by atoms with E-state index in [2.05, 4.69) is 31.4 Å². The van der Waals surface area contributed by atoms with E-state index in [9.17, 15) is 4.79 Å². The Balaban J connectivity index is 1.73. The first-order valence-electron chi connectivity index (χ1n) is 7.05. The van der Waals surface area contributed by atoms with Gasteiger partial charge in [0, 0.05) is 17.7 Å². The Kier molecular flexibility index (Phi) is 2.94. The van der Waals surface area contributed by atoms with Gasteiger partial charge in [-0.25, -0.2) is 0 Å². The van der Waals surface area contributed by atoms with E-state index in [4.69, 9.17) is 0 Å². The highest BCUT2D eigenvalue weighted by Gasteiger charge is 2.59. The molecule has 3 aliphatic rings. The number of thioether (sulfide) groups is 1. The van der Waals surface area contributed by atoms with E-state index in [0.29, 0.717) is 11.5 Å². The van der Waals surface area contributed by atoms with Gasteiger partial charge in [0.15, 0.2) is 0 Å². The Morgan fingerprint density at radius 2 is 2.17 bits per heavy atom. The fraction of sp³-hybridized carbons (Fsp3) is 0.929. The maximum Gasteiger partial charge on any atom is 0.238 e. The second-order valence-electron chi connectivity index (χ2n) is 7.13. The Hall–Kier alpha value is -0.220. The topological polar surface area (TPSA) is 41.1 Å². The van der Waals surface area contributed by atoms with E-state index in [1.54, 1.807) is 0 Å². The summed E-state index contributed by atoms with van der Waals surface area (Å²) >= 11 is 1.81. The number of amides is 1. The van der Waals surface area contributed by atoms with Crippen LogP contribution in [-0.2, 0) is 4.79 Å². The highest BCUT2D eigenvalue weighted by Crippen LogP contribution is 2.62. The minimum atomic E-state index is 0.0218. The molecule has 3 fully saturated rings. The van der Waals surface area contributed by atoms with Crippen LogP contribution in [0.15, 0.2) is 0 Å². The Morgan fingerprint density at radius 1 is 1.39 bits per heavy atom. The average Bonchev–Trinajstić information content (AvgIpc) is 2.96. The van der Waals surface area contributed by atoms with Gasteiger partial charge in [0.25, 0.3) is 0 Å². The first-order chi connectivity index (χ1) is 8.43.